The second kappa shape index (κ2) is 3.82. The SMILES string of the molecule is [2H]C([2H])([2H])n1nc(-c2ccnc(Cl)n2)c2ccccc21. The number of fused-ring (bicyclic) bond motifs is 1. The summed E-state index contributed by atoms with van der Waals surface area (Å²) >= 11 is 5.77. The minimum absolute atomic E-state index is 0.0926. The lowest BCUT2D eigenvalue weighted by Crippen LogP contribution is -1.91. The number of hydrogen-bond donors (Lipinski definition) is 0. The maximum atomic E-state index is 7.55. The van der Waals surface area contributed by atoms with E-state index < -0.39 is 6.98 Å². The highest BCUT2D eigenvalue weighted by molar-refractivity contribution is 6.28. The summed E-state index contributed by atoms with van der Waals surface area (Å²) in [6.07, 6.45) is 1.51. The molecule has 1 aromatic carbocycles. The van der Waals surface area contributed by atoms with Gasteiger partial charge in [-0.05, 0) is 23.7 Å². The van der Waals surface area contributed by atoms with Crippen LogP contribution in [0.2, 0.25) is 5.28 Å². The minimum atomic E-state index is -2.35. The topological polar surface area (TPSA) is 43.6 Å². The van der Waals surface area contributed by atoms with Crippen molar-refractivity contribution in [2.45, 2.75) is 0 Å². The number of hydrogen-bond acceptors (Lipinski definition) is 3. The van der Waals surface area contributed by atoms with Gasteiger partial charge in [-0.1, -0.05) is 18.2 Å². The van der Waals surface area contributed by atoms with Gasteiger partial charge in [0.15, 0.2) is 0 Å². The number of halogens is 1. The van der Waals surface area contributed by atoms with Gasteiger partial charge in [-0.3, -0.25) is 4.68 Å². The van der Waals surface area contributed by atoms with Gasteiger partial charge in [0.2, 0.25) is 5.28 Å². The molecule has 0 fully saturated rings. The first kappa shape index (κ1) is 7.40. The van der Waals surface area contributed by atoms with Crippen LogP contribution in [-0.2, 0) is 6.98 Å². The molecule has 2 aromatic heterocycles. The standard InChI is InChI=1S/C12H9ClN4/c1-17-10-5-3-2-4-8(10)11(16-17)9-6-7-14-12(13)15-9/h2-7H,1H3/i1D3. The average Bonchev–Trinajstić information content (AvgIpc) is 2.78. The molecule has 0 spiro atoms. The molecule has 0 saturated heterocycles. The Kier molecular flexibility index (Phi) is 1.66. The second-order valence-electron chi connectivity index (χ2n) is 3.49. The third-order valence-corrected chi connectivity index (χ3v) is 2.64. The van der Waals surface area contributed by atoms with Crippen LogP contribution in [0.1, 0.15) is 4.11 Å². The Hall–Kier alpha value is -1.94. The predicted octanol–water partition coefficient (Wildman–Crippen LogP) is 2.68. The van der Waals surface area contributed by atoms with Crippen molar-refractivity contribution in [1.82, 2.24) is 19.7 Å². The highest BCUT2D eigenvalue weighted by atomic mass is 35.5. The summed E-state index contributed by atoms with van der Waals surface area (Å²) in [7, 11) is 0. The zero-order chi connectivity index (χ0) is 14.3. The van der Waals surface area contributed by atoms with Crippen LogP contribution in [0.4, 0.5) is 0 Å². The normalized spacial score (nSPS) is 14.3. The largest absolute Gasteiger partial charge is 0.267 e. The highest BCUT2D eigenvalue weighted by Crippen LogP contribution is 2.26. The Labute approximate surface area is 107 Å². The fourth-order valence-electron chi connectivity index (χ4n) is 1.72. The van der Waals surface area contributed by atoms with Crippen molar-refractivity contribution >= 4 is 22.5 Å². The van der Waals surface area contributed by atoms with Crippen LogP contribution in [0, 0.1) is 0 Å². The van der Waals surface area contributed by atoms with Gasteiger partial charge >= 0.3 is 0 Å². The molecule has 3 rings (SSSR count). The molecule has 5 heteroatoms. The summed E-state index contributed by atoms with van der Waals surface area (Å²) in [5, 5.41) is 4.98. The molecule has 0 N–H and O–H groups in total. The molecule has 0 aliphatic heterocycles. The molecule has 0 aliphatic rings. The van der Waals surface area contributed by atoms with E-state index in [0.717, 1.165) is 4.68 Å². The summed E-state index contributed by atoms with van der Waals surface area (Å²) in [6.45, 7) is -2.35. The van der Waals surface area contributed by atoms with Crippen LogP contribution in [-0.4, -0.2) is 19.7 Å². The third kappa shape index (κ3) is 1.66. The van der Waals surface area contributed by atoms with E-state index in [1.165, 1.54) is 6.20 Å². The number of benzene rings is 1. The zero-order valence-electron chi connectivity index (χ0n) is 11.6. The molecular formula is C12H9ClN4. The molecule has 0 radical (unpaired) electrons. The molecular weight excluding hydrogens is 236 g/mol. The Morgan fingerprint density at radius 3 is 3.00 bits per heavy atom. The lowest BCUT2D eigenvalue weighted by atomic mass is 10.1. The van der Waals surface area contributed by atoms with Crippen molar-refractivity contribution in [2.24, 2.45) is 6.98 Å². The fourth-order valence-corrected chi connectivity index (χ4v) is 1.87. The maximum absolute atomic E-state index is 7.55. The van der Waals surface area contributed by atoms with Gasteiger partial charge in [-0.15, -0.1) is 0 Å². The first-order valence-corrected chi connectivity index (χ1v) is 5.32. The van der Waals surface area contributed by atoms with E-state index in [-0.39, 0.29) is 5.28 Å². The van der Waals surface area contributed by atoms with E-state index in [1.54, 1.807) is 24.3 Å². The van der Waals surface area contributed by atoms with Gasteiger partial charge in [-0.2, -0.15) is 5.10 Å². The number of aryl methyl sites for hydroxylation is 1. The van der Waals surface area contributed by atoms with Crippen LogP contribution in [0.15, 0.2) is 36.5 Å². The van der Waals surface area contributed by atoms with Crippen LogP contribution >= 0.6 is 11.6 Å². The molecule has 3 aromatic rings. The molecule has 0 amide bonds. The molecule has 17 heavy (non-hydrogen) atoms. The molecule has 2 heterocycles. The van der Waals surface area contributed by atoms with Crippen molar-refractivity contribution in [3.63, 3.8) is 0 Å². The zero-order valence-corrected chi connectivity index (χ0v) is 9.39. The molecule has 0 saturated carbocycles. The van der Waals surface area contributed by atoms with Gasteiger partial charge in [0.25, 0.3) is 0 Å². The van der Waals surface area contributed by atoms with Crippen molar-refractivity contribution in [1.29, 1.82) is 0 Å². The number of rotatable bonds is 1. The van der Waals surface area contributed by atoms with Gasteiger partial charge in [0.1, 0.15) is 5.69 Å². The average molecular weight is 248 g/mol. The van der Waals surface area contributed by atoms with E-state index in [4.69, 9.17) is 15.7 Å². The van der Waals surface area contributed by atoms with Crippen molar-refractivity contribution in [2.75, 3.05) is 0 Å². The third-order valence-electron chi connectivity index (χ3n) is 2.46. The molecule has 0 unspecified atom stereocenters. The van der Waals surface area contributed by atoms with E-state index in [1.807, 2.05) is 6.07 Å². The maximum Gasteiger partial charge on any atom is 0.222 e. The van der Waals surface area contributed by atoms with Gasteiger partial charge in [0.05, 0.1) is 11.2 Å². The first-order valence-electron chi connectivity index (χ1n) is 6.44. The Morgan fingerprint density at radius 1 is 1.29 bits per heavy atom. The van der Waals surface area contributed by atoms with E-state index >= 15 is 0 Å². The van der Waals surface area contributed by atoms with E-state index in [9.17, 15) is 0 Å². The molecule has 4 nitrogen and oxygen atoms in total. The summed E-state index contributed by atoms with van der Waals surface area (Å²) in [4.78, 5) is 7.89. The van der Waals surface area contributed by atoms with Crippen molar-refractivity contribution < 1.29 is 4.11 Å². The van der Waals surface area contributed by atoms with Gasteiger partial charge in [-0.25, -0.2) is 9.97 Å². The highest BCUT2D eigenvalue weighted by Gasteiger charge is 2.11. The molecule has 0 atom stereocenters. The fraction of sp³-hybridized carbons (Fsp3) is 0.0833. The Balaban J connectivity index is 2.32. The minimum Gasteiger partial charge on any atom is -0.267 e. The second-order valence-corrected chi connectivity index (χ2v) is 3.83. The number of nitrogens with zero attached hydrogens (tertiary/aromatic N) is 4. The Bertz CT molecular complexity index is 782. The monoisotopic (exact) mass is 247 g/mol. The summed E-state index contributed by atoms with van der Waals surface area (Å²) in [5.41, 5.74) is 1.49. The van der Waals surface area contributed by atoms with Crippen molar-refractivity contribution in [3.05, 3.63) is 41.8 Å². The van der Waals surface area contributed by atoms with Crippen LogP contribution in [0.3, 0.4) is 0 Å². The number of aromatic nitrogens is 4. The molecule has 84 valence electrons. The van der Waals surface area contributed by atoms with Crippen LogP contribution < -0.4 is 0 Å². The van der Waals surface area contributed by atoms with Gasteiger partial charge < -0.3 is 0 Å². The molecule has 0 aliphatic carbocycles. The lowest BCUT2D eigenvalue weighted by Gasteiger charge is -1.96. The first-order chi connectivity index (χ1) is 9.47. The van der Waals surface area contributed by atoms with Crippen LogP contribution in [0.25, 0.3) is 22.3 Å². The quantitative estimate of drug-likeness (QED) is 0.621. The molecule has 0 bridgehead atoms. The van der Waals surface area contributed by atoms with E-state index in [0.29, 0.717) is 22.3 Å². The lowest BCUT2D eigenvalue weighted by molar-refractivity contribution is 0.799. The Morgan fingerprint density at radius 2 is 2.18 bits per heavy atom. The summed E-state index contributed by atoms with van der Waals surface area (Å²) in [6, 6.07) is 8.74. The van der Waals surface area contributed by atoms with Crippen LogP contribution in [0.5, 0.6) is 0 Å². The van der Waals surface area contributed by atoms with E-state index in [2.05, 4.69) is 15.1 Å². The number of para-hydroxylation sites is 1. The summed E-state index contributed by atoms with van der Waals surface area (Å²) in [5.74, 6) is 0. The summed E-state index contributed by atoms with van der Waals surface area (Å²) < 4.78 is 23.7. The smallest absolute Gasteiger partial charge is 0.222 e. The van der Waals surface area contributed by atoms with Crippen molar-refractivity contribution in [3.8, 4) is 11.4 Å². The predicted molar refractivity (Wildman–Crippen MR) is 66.8 cm³/mol. The van der Waals surface area contributed by atoms with Gasteiger partial charge in [0, 0.05) is 22.7 Å².